The van der Waals surface area contributed by atoms with Crippen LogP contribution >= 0.6 is 11.8 Å². The summed E-state index contributed by atoms with van der Waals surface area (Å²) < 4.78 is 21.5. The Labute approximate surface area is 194 Å². The van der Waals surface area contributed by atoms with E-state index >= 15 is 0 Å². The van der Waals surface area contributed by atoms with Crippen LogP contribution in [0.2, 0.25) is 0 Å². The third kappa shape index (κ3) is 5.86. The summed E-state index contributed by atoms with van der Waals surface area (Å²) in [6.45, 7) is 7.27. The van der Waals surface area contributed by atoms with E-state index in [-0.39, 0.29) is 29.1 Å². The van der Waals surface area contributed by atoms with Gasteiger partial charge in [0.25, 0.3) is 5.69 Å². The molecule has 3 rings (SSSR count). The van der Waals surface area contributed by atoms with Crippen LogP contribution in [-0.4, -0.2) is 31.3 Å². The molecule has 0 saturated heterocycles. The predicted octanol–water partition coefficient (Wildman–Crippen LogP) is 5.09. The van der Waals surface area contributed by atoms with Crippen LogP contribution in [0.25, 0.3) is 0 Å². The first-order valence-corrected chi connectivity index (χ1v) is 11.2. The highest BCUT2D eigenvalue weighted by Gasteiger charge is 2.23. The van der Waals surface area contributed by atoms with Crippen LogP contribution in [0.5, 0.6) is 5.75 Å². The third-order valence-electron chi connectivity index (χ3n) is 4.73. The molecule has 11 heteroatoms. The van der Waals surface area contributed by atoms with E-state index in [1.54, 1.807) is 38.1 Å². The molecule has 1 amide bonds. The summed E-state index contributed by atoms with van der Waals surface area (Å²) in [5.74, 6) is -0.166. The Morgan fingerprint density at radius 3 is 2.64 bits per heavy atom. The van der Waals surface area contributed by atoms with Gasteiger partial charge >= 0.3 is 0 Å². The molecule has 0 aliphatic carbocycles. The molecule has 0 spiro atoms. The number of amides is 1. The largest absolute Gasteiger partial charge is 0.480 e. The van der Waals surface area contributed by atoms with Crippen molar-refractivity contribution in [3.8, 4) is 5.75 Å². The normalized spacial score (nSPS) is 11.9. The van der Waals surface area contributed by atoms with Crippen molar-refractivity contribution in [3.05, 3.63) is 69.8 Å². The summed E-state index contributed by atoms with van der Waals surface area (Å²) in [6.07, 6.45) is -0.576. The van der Waals surface area contributed by atoms with Gasteiger partial charge in [-0.15, -0.1) is 10.2 Å². The molecule has 1 atom stereocenters. The summed E-state index contributed by atoms with van der Waals surface area (Å²) in [7, 11) is 0. The number of nitro benzene ring substituents is 1. The second kappa shape index (κ2) is 10.4. The zero-order valence-corrected chi connectivity index (χ0v) is 19.4. The second-order valence-electron chi connectivity index (χ2n) is 7.59. The topological polar surface area (TPSA) is 112 Å². The molecular formula is C22H24FN5O4S. The summed E-state index contributed by atoms with van der Waals surface area (Å²) >= 11 is 1.18. The van der Waals surface area contributed by atoms with Crippen LogP contribution in [0.15, 0.2) is 47.6 Å². The van der Waals surface area contributed by atoms with Crippen molar-refractivity contribution in [2.24, 2.45) is 0 Å². The van der Waals surface area contributed by atoms with Crippen molar-refractivity contribution in [2.75, 3.05) is 11.1 Å². The minimum absolute atomic E-state index is 0.0229. The van der Waals surface area contributed by atoms with E-state index in [2.05, 4.69) is 15.5 Å². The standard InChI is InChI=1S/C22H24FN5O4S/c1-13(2)27-21(15(4)32-19-8-6-5-7-17(19)23)25-26-22(27)33-12-20(29)24-16-10-9-14(3)18(11-16)28(30)31/h5-11,13,15H,12H2,1-4H3,(H,24,29). The number of ether oxygens (including phenoxy) is 1. The minimum Gasteiger partial charge on any atom is -0.480 e. The average molecular weight is 474 g/mol. The first-order valence-electron chi connectivity index (χ1n) is 10.2. The fraction of sp³-hybridized carbons (Fsp3) is 0.318. The van der Waals surface area contributed by atoms with Gasteiger partial charge in [0.2, 0.25) is 5.91 Å². The van der Waals surface area contributed by atoms with Crippen LogP contribution in [0, 0.1) is 22.9 Å². The molecule has 0 saturated carbocycles. The summed E-state index contributed by atoms with van der Waals surface area (Å²) in [5, 5.41) is 22.7. The Kier molecular flexibility index (Phi) is 7.64. The number of hydrogen-bond donors (Lipinski definition) is 1. The quantitative estimate of drug-likeness (QED) is 0.262. The maximum atomic E-state index is 14.0. The Morgan fingerprint density at radius 2 is 1.97 bits per heavy atom. The van der Waals surface area contributed by atoms with Gasteiger partial charge in [-0.2, -0.15) is 0 Å². The number of para-hydroxylation sites is 1. The third-order valence-corrected chi connectivity index (χ3v) is 5.68. The van der Waals surface area contributed by atoms with Crippen molar-refractivity contribution in [1.29, 1.82) is 0 Å². The summed E-state index contributed by atoms with van der Waals surface area (Å²) in [5.41, 5.74) is 0.793. The van der Waals surface area contributed by atoms with Crippen molar-refractivity contribution in [2.45, 2.75) is 45.0 Å². The molecule has 1 N–H and O–H groups in total. The van der Waals surface area contributed by atoms with E-state index in [9.17, 15) is 19.3 Å². The number of halogens is 1. The van der Waals surface area contributed by atoms with E-state index in [1.807, 2.05) is 18.4 Å². The minimum atomic E-state index is -0.576. The molecule has 1 unspecified atom stereocenters. The Hall–Kier alpha value is -3.47. The molecule has 1 heterocycles. The highest BCUT2D eigenvalue weighted by atomic mass is 32.2. The highest BCUT2D eigenvalue weighted by Crippen LogP contribution is 2.29. The molecule has 174 valence electrons. The maximum Gasteiger partial charge on any atom is 0.274 e. The number of aryl methyl sites for hydroxylation is 1. The number of nitrogens with one attached hydrogen (secondary N) is 1. The zero-order valence-electron chi connectivity index (χ0n) is 18.6. The predicted molar refractivity (Wildman–Crippen MR) is 123 cm³/mol. The van der Waals surface area contributed by atoms with Gasteiger partial charge in [-0.1, -0.05) is 30.0 Å². The maximum absolute atomic E-state index is 14.0. The van der Waals surface area contributed by atoms with Crippen molar-refractivity contribution in [1.82, 2.24) is 14.8 Å². The number of benzene rings is 2. The lowest BCUT2D eigenvalue weighted by Crippen LogP contribution is -2.17. The van der Waals surface area contributed by atoms with Crippen molar-refractivity contribution < 1.29 is 18.8 Å². The number of rotatable bonds is 9. The van der Waals surface area contributed by atoms with Gasteiger partial charge in [0.05, 0.1) is 10.7 Å². The van der Waals surface area contributed by atoms with E-state index in [4.69, 9.17) is 4.74 Å². The molecule has 0 fully saturated rings. The SMILES string of the molecule is Cc1ccc(NC(=O)CSc2nnc(C(C)Oc3ccccc3F)n2C(C)C)cc1[N+](=O)[O-]. The molecule has 0 aliphatic heterocycles. The number of nitro groups is 1. The summed E-state index contributed by atoms with van der Waals surface area (Å²) in [4.78, 5) is 23.0. The number of anilines is 1. The second-order valence-corrected chi connectivity index (χ2v) is 8.53. The number of thioether (sulfide) groups is 1. The lowest BCUT2D eigenvalue weighted by molar-refractivity contribution is -0.385. The van der Waals surface area contributed by atoms with E-state index in [1.165, 1.54) is 30.0 Å². The molecule has 0 bridgehead atoms. The Balaban J connectivity index is 1.69. The van der Waals surface area contributed by atoms with Gasteiger partial charge in [-0.25, -0.2) is 4.39 Å². The lowest BCUT2D eigenvalue weighted by atomic mass is 10.2. The first-order chi connectivity index (χ1) is 15.7. The smallest absolute Gasteiger partial charge is 0.274 e. The van der Waals surface area contributed by atoms with Crippen LogP contribution in [0.4, 0.5) is 15.8 Å². The summed E-state index contributed by atoms with van der Waals surface area (Å²) in [6, 6.07) is 10.6. The average Bonchev–Trinajstić information content (AvgIpc) is 3.19. The van der Waals surface area contributed by atoms with Crippen LogP contribution < -0.4 is 10.1 Å². The highest BCUT2D eigenvalue weighted by molar-refractivity contribution is 7.99. The molecule has 9 nitrogen and oxygen atoms in total. The zero-order chi connectivity index (χ0) is 24.1. The Morgan fingerprint density at radius 1 is 1.24 bits per heavy atom. The van der Waals surface area contributed by atoms with E-state index in [0.717, 1.165) is 0 Å². The van der Waals surface area contributed by atoms with Gasteiger partial charge in [0, 0.05) is 23.4 Å². The Bertz CT molecular complexity index is 1170. The molecule has 3 aromatic rings. The number of aromatic nitrogens is 3. The van der Waals surface area contributed by atoms with Crippen LogP contribution in [0.3, 0.4) is 0 Å². The molecule has 2 aromatic carbocycles. The van der Waals surface area contributed by atoms with Crippen molar-refractivity contribution >= 4 is 29.0 Å². The fourth-order valence-corrected chi connectivity index (χ4v) is 4.02. The number of carbonyl (C=O) groups excluding carboxylic acids is 1. The van der Waals surface area contributed by atoms with Crippen LogP contribution in [-0.2, 0) is 4.79 Å². The molecule has 33 heavy (non-hydrogen) atoms. The van der Waals surface area contributed by atoms with E-state index < -0.39 is 16.8 Å². The fourth-order valence-electron chi connectivity index (χ4n) is 3.14. The van der Waals surface area contributed by atoms with Crippen LogP contribution in [0.1, 0.15) is 44.3 Å². The van der Waals surface area contributed by atoms with E-state index in [0.29, 0.717) is 22.2 Å². The number of nitrogens with zero attached hydrogens (tertiary/aromatic N) is 4. The van der Waals surface area contributed by atoms with Gasteiger partial charge in [0.1, 0.15) is 0 Å². The number of carbonyl (C=O) groups is 1. The molecule has 0 aliphatic rings. The molecule has 0 radical (unpaired) electrons. The van der Waals surface area contributed by atoms with Gasteiger partial charge in [0.15, 0.2) is 28.7 Å². The van der Waals surface area contributed by atoms with Gasteiger partial charge < -0.3 is 14.6 Å². The van der Waals surface area contributed by atoms with Gasteiger partial charge in [-0.3, -0.25) is 14.9 Å². The van der Waals surface area contributed by atoms with Gasteiger partial charge in [-0.05, 0) is 45.9 Å². The molecule has 1 aromatic heterocycles. The lowest BCUT2D eigenvalue weighted by Gasteiger charge is -2.19. The molecular weight excluding hydrogens is 449 g/mol. The monoisotopic (exact) mass is 473 g/mol. The van der Waals surface area contributed by atoms with Crippen molar-refractivity contribution in [3.63, 3.8) is 0 Å². The first kappa shape index (κ1) is 24.2. The number of hydrogen-bond acceptors (Lipinski definition) is 7.